The summed E-state index contributed by atoms with van der Waals surface area (Å²) in [4.78, 5) is 12.4. The van der Waals surface area contributed by atoms with Crippen LogP contribution in [-0.2, 0) is 5.54 Å². The third-order valence-corrected chi connectivity index (χ3v) is 3.50. The molecule has 1 N–H and O–H groups in total. The van der Waals surface area contributed by atoms with E-state index in [-0.39, 0.29) is 11.4 Å². The highest BCUT2D eigenvalue weighted by Gasteiger charge is 2.22. The molecule has 4 nitrogen and oxygen atoms in total. The molecule has 0 fully saturated rings. The molecule has 1 aromatic heterocycles. The molecule has 0 aliphatic rings. The van der Waals surface area contributed by atoms with E-state index in [1.807, 2.05) is 33.8 Å². The van der Waals surface area contributed by atoms with Gasteiger partial charge in [0.15, 0.2) is 0 Å². The van der Waals surface area contributed by atoms with Crippen molar-refractivity contribution in [3.05, 3.63) is 40.8 Å². The second-order valence-corrected chi connectivity index (χ2v) is 7.33. The predicted molar refractivity (Wildman–Crippen MR) is 96.7 cm³/mol. The van der Waals surface area contributed by atoms with Gasteiger partial charge in [0, 0.05) is 6.54 Å². The molecule has 0 atom stereocenters. The van der Waals surface area contributed by atoms with Crippen LogP contribution in [-0.4, -0.2) is 22.2 Å². The monoisotopic (exact) mass is 317 g/mol. The standard InChI is InChI=1S/C19H31N3O/c1-14(2)9-8-10-15(3)11-12-20-18(23)17-13-16(4)21-22(17)19(5,6)7/h9,11,13H,8,10,12H2,1-7H3,(H,20,23)/b15-11+. The van der Waals surface area contributed by atoms with Crippen LogP contribution in [0, 0.1) is 6.92 Å². The van der Waals surface area contributed by atoms with Gasteiger partial charge >= 0.3 is 0 Å². The minimum atomic E-state index is -0.211. The number of amides is 1. The van der Waals surface area contributed by atoms with Crippen LogP contribution in [0.5, 0.6) is 0 Å². The first kappa shape index (κ1) is 19.2. The zero-order valence-electron chi connectivity index (χ0n) is 15.7. The Morgan fingerprint density at radius 2 is 1.91 bits per heavy atom. The van der Waals surface area contributed by atoms with Crippen molar-refractivity contribution in [3.63, 3.8) is 0 Å². The molecule has 128 valence electrons. The van der Waals surface area contributed by atoms with Crippen LogP contribution >= 0.6 is 0 Å². The Balaban J connectivity index is 2.63. The fraction of sp³-hybridized carbons (Fsp3) is 0.579. The Bertz CT molecular complexity index is 597. The Kier molecular flexibility index (Phi) is 6.79. The molecular formula is C19H31N3O. The maximum absolute atomic E-state index is 12.4. The minimum absolute atomic E-state index is 0.0751. The van der Waals surface area contributed by atoms with Crippen molar-refractivity contribution in [1.82, 2.24) is 15.1 Å². The van der Waals surface area contributed by atoms with Crippen LogP contribution in [0.1, 0.15) is 70.6 Å². The van der Waals surface area contributed by atoms with E-state index in [1.165, 1.54) is 11.1 Å². The van der Waals surface area contributed by atoms with Crippen LogP contribution in [0.15, 0.2) is 29.4 Å². The third kappa shape index (κ3) is 6.43. The van der Waals surface area contributed by atoms with Gasteiger partial charge in [-0.25, -0.2) is 0 Å². The molecule has 4 heteroatoms. The van der Waals surface area contributed by atoms with Gasteiger partial charge in [0.1, 0.15) is 5.69 Å². The zero-order valence-corrected chi connectivity index (χ0v) is 15.7. The molecular weight excluding hydrogens is 286 g/mol. The van der Waals surface area contributed by atoms with Crippen LogP contribution in [0.2, 0.25) is 0 Å². The predicted octanol–water partition coefficient (Wildman–Crippen LogP) is 4.37. The number of nitrogens with zero attached hydrogens (tertiary/aromatic N) is 2. The molecule has 0 bridgehead atoms. The minimum Gasteiger partial charge on any atom is -0.347 e. The Morgan fingerprint density at radius 3 is 2.48 bits per heavy atom. The van der Waals surface area contributed by atoms with Gasteiger partial charge in [0.2, 0.25) is 0 Å². The highest BCUT2D eigenvalue weighted by molar-refractivity contribution is 5.92. The summed E-state index contributed by atoms with van der Waals surface area (Å²) in [6, 6.07) is 1.84. The number of rotatable bonds is 6. The van der Waals surface area contributed by atoms with Crippen molar-refractivity contribution < 1.29 is 4.79 Å². The number of aryl methyl sites for hydroxylation is 1. The fourth-order valence-electron chi connectivity index (χ4n) is 2.27. The Hall–Kier alpha value is -1.84. The van der Waals surface area contributed by atoms with Crippen molar-refractivity contribution in [1.29, 1.82) is 0 Å². The topological polar surface area (TPSA) is 46.9 Å². The lowest BCUT2D eigenvalue weighted by Crippen LogP contribution is -2.32. The quantitative estimate of drug-likeness (QED) is 0.792. The van der Waals surface area contributed by atoms with Gasteiger partial charge in [-0.3, -0.25) is 9.48 Å². The van der Waals surface area contributed by atoms with Crippen molar-refractivity contribution in [3.8, 4) is 0 Å². The smallest absolute Gasteiger partial charge is 0.269 e. The van der Waals surface area contributed by atoms with Gasteiger partial charge in [-0.15, -0.1) is 0 Å². The Morgan fingerprint density at radius 1 is 1.26 bits per heavy atom. The normalized spacial score (nSPS) is 12.2. The van der Waals surface area contributed by atoms with Crippen molar-refractivity contribution >= 4 is 5.91 Å². The first-order valence-electron chi connectivity index (χ1n) is 8.25. The maximum atomic E-state index is 12.4. The largest absolute Gasteiger partial charge is 0.347 e. The maximum Gasteiger partial charge on any atom is 0.269 e. The molecule has 1 rings (SSSR count). The molecule has 1 aromatic rings. The summed E-state index contributed by atoms with van der Waals surface area (Å²) < 4.78 is 1.79. The SMILES string of the molecule is CC(C)=CCC/C(C)=C/CNC(=O)c1cc(C)nn1C(C)(C)C. The average Bonchev–Trinajstić information content (AvgIpc) is 2.80. The first-order valence-corrected chi connectivity index (χ1v) is 8.25. The third-order valence-electron chi connectivity index (χ3n) is 3.50. The van der Waals surface area contributed by atoms with Gasteiger partial charge in [0.25, 0.3) is 5.91 Å². The highest BCUT2D eigenvalue weighted by atomic mass is 16.2. The molecule has 0 unspecified atom stereocenters. The fourth-order valence-corrected chi connectivity index (χ4v) is 2.27. The molecule has 1 heterocycles. The molecule has 0 saturated carbocycles. The lowest BCUT2D eigenvalue weighted by molar-refractivity contribution is 0.0939. The van der Waals surface area contributed by atoms with Crippen LogP contribution < -0.4 is 5.32 Å². The van der Waals surface area contributed by atoms with Crippen LogP contribution in [0.3, 0.4) is 0 Å². The van der Waals surface area contributed by atoms with Gasteiger partial charge in [-0.2, -0.15) is 5.10 Å². The number of hydrogen-bond donors (Lipinski definition) is 1. The number of allylic oxidation sites excluding steroid dienone is 3. The van der Waals surface area contributed by atoms with E-state index in [0.29, 0.717) is 12.2 Å². The van der Waals surface area contributed by atoms with Gasteiger partial charge in [-0.1, -0.05) is 23.3 Å². The molecule has 23 heavy (non-hydrogen) atoms. The van der Waals surface area contributed by atoms with E-state index in [2.05, 4.69) is 43.3 Å². The zero-order chi connectivity index (χ0) is 17.6. The van der Waals surface area contributed by atoms with E-state index < -0.39 is 0 Å². The molecule has 0 aromatic carbocycles. The van der Waals surface area contributed by atoms with E-state index in [0.717, 1.165) is 18.5 Å². The summed E-state index contributed by atoms with van der Waals surface area (Å²) in [5.74, 6) is -0.0751. The molecule has 0 aliphatic heterocycles. The second-order valence-electron chi connectivity index (χ2n) is 7.33. The number of carbonyl (C=O) groups excluding carboxylic acids is 1. The summed E-state index contributed by atoms with van der Waals surface area (Å²) in [5, 5.41) is 7.40. The van der Waals surface area contributed by atoms with E-state index in [1.54, 1.807) is 4.68 Å². The lowest BCUT2D eigenvalue weighted by Gasteiger charge is -2.21. The van der Waals surface area contributed by atoms with Gasteiger partial charge < -0.3 is 5.32 Å². The Labute approximate surface area is 140 Å². The van der Waals surface area contributed by atoms with Crippen LogP contribution in [0.4, 0.5) is 0 Å². The molecule has 0 spiro atoms. The van der Waals surface area contributed by atoms with Gasteiger partial charge in [-0.05, 0) is 67.4 Å². The summed E-state index contributed by atoms with van der Waals surface area (Å²) in [6.07, 6.45) is 6.40. The number of carbonyl (C=O) groups is 1. The summed E-state index contributed by atoms with van der Waals surface area (Å²) in [5.41, 5.74) is 3.90. The molecule has 1 amide bonds. The highest BCUT2D eigenvalue weighted by Crippen LogP contribution is 2.17. The van der Waals surface area contributed by atoms with E-state index >= 15 is 0 Å². The average molecular weight is 317 g/mol. The lowest BCUT2D eigenvalue weighted by atomic mass is 10.1. The van der Waals surface area contributed by atoms with Crippen LogP contribution in [0.25, 0.3) is 0 Å². The van der Waals surface area contributed by atoms with Gasteiger partial charge in [0.05, 0.1) is 11.2 Å². The number of aromatic nitrogens is 2. The summed E-state index contributed by atoms with van der Waals surface area (Å²) in [6.45, 7) is 14.9. The first-order chi connectivity index (χ1) is 10.6. The summed E-state index contributed by atoms with van der Waals surface area (Å²) in [7, 11) is 0. The van der Waals surface area contributed by atoms with Crippen molar-refractivity contribution in [2.24, 2.45) is 0 Å². The van der Waals surface area contributed by atoms with E-state index in [4.69, 9.17) is 0 Å². The van der Waals surface area contributed by atoms with Crippen molar-refractivity contribution in [2.45, 2.75) is 66.8 Å². The molecule has 0 radical (unpaired) electrons. The molecule has 0 saturated heterocycles. The molecule has 0 aliphatic carbocycles. The number of nitrogens with one attached hydrogen (secondary N) is 1. The van der Waals surface area contributed by atoms with E-state index in [9.17, 15) is 4.79 Å². The second kappa shape index (κ2) is 8.14. The summed E-state index contributed by atoms with van der Waals surface area (Å²) >= 11 is 0. The number of hydrogen-bond acceptors (Lipinski definition) is 2. The van der Waals surface area contributed by atoms with Crippen molar-refractivity contribution in [2.75, 3.05) is 6.54 Å².